The van der Waals surface area contributed by atoms with Crippen molar-refractivity contribution in [2.45, 2.75) is 0 Å². The van der Waals surface area contributed by atoms with Gasteiger partial charge in [0, 0.05) is 24.4 Å². The summed E-state index contributed by atoms with van der Waals surface area (Å²) in [6.07, 6.45) is 5.05. The van der Waals surface area contributed by atoms with E-state index >= 15 is 0 Å². The van der Waals surface area contributed by atoms with Crippen molar-refractivity contribution in [1.29, 1.82) is 0 Å². The molecule has 0 fully saturated rings. The van der Waals surface area contributed by atoms with Crippen molar-refractivity contribution >= 4 is 16.9 Å². The summed E-state index contributed by atoms with van der Waals surface area (Å²) in [5.74, 6) is 0.226. The molecule has 0 atom stereocenters. The number of fused-ring (bicyclic) bond motifs is 1. The van der Waals surface area contributed by atoms with Gasteiger partial charge in [-0.15, -0.1) is 0 Å². The second-order valence-electron chi connectivity index (χ2n) is 6.83. The summed E-state index contributed by atoms with van der Waals surface area (Å²) in [4.78, 5) is 17.7. The molecule has 5 heteroatoms. The first-order valence-corrected chi connectivity index (χ1v) is 9.71. The molecule has 2 heterocycles. The number of hydrogen-bond acceptors (Lipinski definition) is 3. The minimum atomic E-state index is -0.317. The molecule has 0 radical (unpaired) electrons. The van der Waals surface area contributed by atoms with E-state index in [0.29, 0.717) is 28.2 Å². The zero-order chi connectivity index (χ0) is 21.8. The molecule has 154 valence electrons. The molecule has 4 nitrogen and oxygen atoms in total. The second kappa shape index (κ2) is 8.63. The van der Waals surface area contributed by atoms with E-state index in [1.54, 1.807) is 42.5 Å². The van der Waals surface area contributed by atoms with E-state index < -0.39 is 0 Å². The van der Waals surface area contributed by atoms with Crippen LogP contribution in [0.15, 0.2) is 115 Å². The molecule has 0 saturated carbocycles. The maximum Gasteiger partial charge on any atom is 0.193 e. The predicted molar refractivity (Wildman–Crippen MR) is 127 cm³/mol. The average Bonchev–Trinajstić information content (AvgIpc) is 2.79. The highest BCUT2D eigenvalue weighted by atomic mass is 19.1. The van der Waals surface area contributed by atoms with Crippen LogP contribution in [0.3, 0.4) is 0 Å². The van der Waals surface area contributed by atoms with Crippen LogP contribution < -0.4 is 10.7 Å². The van der Waals surface area contributed by atoms with Gasteiger partial charge in [0.2, 0.25) is 0 Å². The van der Waals surface area contributed by atoms with E-state index in [2.05, 4.69) is 18.5 Å². The van der Waals surface area contributed by atoms with E-state index in [-0.39, 0.29) is 12.7 Å². The molecule has 0 aliphatic carbocycles. The van der Waals surface area contributed by atoms with Crippen molar-refractivity contribution in [3.05, 3.63) is 126 Å². The highest BCUT2D eigenvalue weighted by Gasteiger charge is 2.14. The van der Waals surface area contributed by atoms with E-state index in [1.165, 1.54) is 18.2 Å². The maximum absolute atomic E-state index is 13.4. The van der Waals surface area contributed by atoms with Gasteiger partial charge in [-0.3, -0.25) is 9.36 Å². The Labute approximate surface area is 180 Å². The molecule has 0 unspecified atom stereocenters. The number of halogens is 1. The first-order chi connectivity index (χ1) is 15.1. The summed E-state index contributed by atoms with van der Waals surface area (Å²) in [5, 5.41) is 3.72. The normalized spacial score (nSPS) is 11.3. The second-order valence-corrected chi connectivity index (χ2v) is 6.83. The number of rotatable bonds is 6. The molecule has 4 rings (SSSR count). The Hall–Kier alpha value is -4.25. The number of nitrogens with zero attached hydrogens (tertiary/aromatic N) is 2. The quantitative estimate of drug-likeness (QED) is 0.390. The molecule has 0 amide bonds. The van der Waals surface area contributed by atoms with Crippen LogP contribution in [0.4, 0.5) is 10.2 Å². The van der Waals surface area contributed by atoms with Crippen LogP contribution in [0.2, 0.25) is 0 Å². The minimum absolute atomic E-state index is 0. The zero-order valence-corrected chi connectivity index (χ0v) is 16.8. The van der Waals surface area contributed by atoms with E-state index in [1.807, 2.05) is 34.9 Å². The standard InChI is InChI=1S/C26H20FN3O.H2/c1-3-8-20(4-2)28-25-17-24(31)22-15-16-23(18-11-13-19(27)14-12-18)29-26(22)30(25)21-9-6-5-7-10-21;/h3-17,28H,1-2H2;1H/b20-8+;. The third-order valence-corrected chi connectivity index (χ3v) is 4.81. The van der Waals surface area contributed by atoms with Gasteiger partial charge in [-0.05, 0) is 60.7 Å². The fraction of sp³-hybridized carbons (Fsp3) is 0. The van der Waals surface area contributed by atoms with Crippen molar-refractivity contribution < 1.29 is 5.82 Å². The zero-order valence-electron chi connectivity index (χ0n) is 16.8. The van der Waals surface area contributed by atoms with Crippen LogP contribution in [0.1, 0.15) is 1.43 Å². The summed E-state index contributed by atoms with van der Waals surface area (Å²) in [6, 6.07) is 20.8. The van der Waals surface area contributed by atoms with E-state index in [0.717, 1.165) is 11.3 Å². The van der Waals surface area contributed by atoms with Gasteiger partial charge in [-0.1, -0.05) is 37.4 Å². The lowest BCUT2D eigenvalue weighted by atomic mass is 10.1. The van der Waals surface area contributed by atoms with Gasteiger partial charge in [0.25, 0.3) is 0 Å². The van der Waals surface area contributed by atoms with Crippen LogP contribution in [0.25, 0.3) is 28.0 Å². The Kier molecular flexibility index (Phi) is 5.58. The Bertz CT molecular complexity index is 1360. The van der Waals surface area contributed by atoms with Gasteiger partial charge in [-0.2, -0.15) is 0 Å². The number of nitrogens with one attached hydrogen (secondary N) is 1. The van der Waals surface area contributed by atoms with Crippen LogP contribution in [0, 0.1) is 5.82 Å². The van der Waals surface area contributed by atoms with Gasteiger partial charge >= 0.3 is 0 Å². The topological polar surface area (TPSA) is 46.9 Å². The molecule has 4 aromatic rings. The lowest BCUT2D eigenvalue weighted by Crippen LogP contribution is -2.15. The third kappa shape index (κ3) is 4.07. The fourth-order valence-electron chi connectivity index (χ4n) is 3.34. The molecular weight excluding hydrogens is 389 g/mol. The largest absolute Gasteiger partial charge is 0.341 e. The molecule has 0 saturated heterocycles. The number of pyridine rings is 2. The van der Waals surface area contributed by atoms with Crippen LogP contribution in [0.5, 0.6) is 0 Å². The molecule has 2 aromatic carbocycles. The van der Waals surface area contributed by atoms with Crippen LogP contribution in [-0.4, -0.2) is 9.55 Å². The SMILES string of the molecule is C=C/C=C(\C=C)Nc1cc(=O)c2ccc(-c3ccc(F)cc3)nc2n1-c1ccccc1.[HH]. The summed E-state index contributed by atoms with van der Waals surface area (Å²) in [7, 11) is 0. The van der Waals surface area contributed by atoms with Crippen LogP contribution in [-0.2, 0) is 0 Å². The van der Waals surface area contributed by atoms with Crippen molar-refractivity contribution in [3.8, 4) is 16.9 Å². The number of anilines is 1. The Morgan fingerprint density at radius 1 is 1.03 bits per heavy atom. The van der Waals surface area contributed by atoms with E-state index in [4.69, 9.17) is 4.98 Å². The summed E-state index contributed by atoms with van der Waals surface area (Å²) >= 11 is 0. The summed E-state index contributed by atoms with van der Waals surface area (Å²) in [5.41, 5.74) is 3.25. The number of hydrogen-bond donors (Lipinski definition) is 1. The highest BCUT2D eigenvalue weighted by molar-refractivity contribution is 5.83. The molecule has 0 aliphatic heterocycles. The molecule has 31 heavy (non-hydrogen) atoms. The van der Waals surface area contributed by atoms with Gasteiger partial charge in [0.05, 0.1) is 11.1 Å². The Morgan fingerprint density at radius 2 is 1.77 bits per heavy atom. The van der Waals surface area contributed by atoms with E-state index in [9.17, 15) is 9.18 Å². The third-order valence-electron chi connectivity index (χ3n) is 4.81. The summed E-state index contributed by atoms with van der Waals surface area (Å²) < 4.78 is 15.2. The predicted octanol–water partition coefficient (Wildman–Crippen LogP) is 6.11. The Balaban J connectivity index is 0.00000289. The molecular formula is C26H22FN3O. The van der Waals surface area contributed by atoms with Gasteiger partial charge in [0.1, 0.15) is 11.6 Å². The van der Waals surface area contributed by atoms with Crippen LogP contribution >= 0.6 is 0 Å². The number of para-hydroxylation sites is 1. The molecule has 1 N–H and O–H groups in total. The number of aromatic nitrogens is 2. The summed E-state index contributed by atoms with van der Waals surface area (Å²) in [6.45, 7) is 7.53. The van der Waals surface area contributed by atoms with Crippen molar-refractivity contribution in [3.63, 3.8) is 0 Å². The molecule has 0 bridgehead atoms. The first kappa shape index (κ1) is 20.0. The number of benzene rings is 2. The first-order valence-electron chi connectivity index (χ1n) is 9.71. The monoisotopic (exact) mass is 411 g/mol. The van der Waals surface area contributed by atoms with Gasteiger partial charge < -0.3 is 5.32 Å². The molecule has 2 aromatic heterocycles. The minimum Gasteiger partial charge on any atom is -0.341 e. The highest BCUT2D eigenvalue weighted by Crippen LogP contribution is 2.25. The molecule has 0 spiro atoms. The molecule has 0 aliphatic rings. The van der Waals surface area contributed by atoms with Gasteiger partial charge in [-0.25, -0.2) is 9.37 Å². The fourth-order valence-corrected chi connectivity index (χ4v) is 3.34. The Morgan fingerprint density at radius 3 is 2.45 bits per heavy atom. The van der Waals surface area contributed by atoms with Gasteiger partial charge in [0.15, 0.2) is 11.1 Å². The lowest BCUT2D eigenvalue weighted by molar-refractivity contribution is 0.628. The van der Waals surface area contributed by atoms with Crippen molar-refractivity contribution in [1.82, 2.24) is 9.55 Å². The number of allylic oxidation sites excluding steroid dienone is 3. The smallest absolute Gasteiger partial charge is 0.193 e. The van der Waals surface area contributed by atoms with Crippen molar-refractivity contribution in [2.24, 2.45) is 0 Å². The lowest BCUT2D eigenvalue weighted by Gasteiger charge is -2.18. The maximum atomic E-state index is 13.4. The van der Waals surface area contributed by atoms with Crippen molar-refractivity contribution in [2.75, 3.05) is 5.32 Å². The average molecular weight is 411 g/mol.